The van der Waals surface area contributed by atoms with Crippen molar-refractivity contribution in [3.63, 3.8) is 0 Å². The predicted octanol–water partition coefficient (Wildman–Crippen LogP) is 2.44. The first-order valence-electron chi connectivity index (χ1n) is 7.62. The Morgan fingerprint density at radius 1 is 1.32 bits per heavy atom. The monoisotopic (exact) mass is 356 g/mol. The lowest BCUT2D eigenvalue weighted by atomic mass is 10.1. The van der Waals surface area contributed by atoms with Crippen molar-refractivity contribution in [1.29, 1.82) is 0 Å². The van der Waals surface area contributed by atoms with E-state index in [0.717, 1.165) is 18.6 Å². The van der Waals surface area contributed by atoms with Gasteiger partial charge < -0.3 is 19.3 Å². The van der Waals surface area contributed by atoms with E-state index >= 15 is 0 Å². The molecule has 134 valence electrons. The van der Waals surface area contributed by atoms with Crippen molar-refractivity contribution < 1.29 is 32.0 Å². The van der Waals surface area contributed by atoms with Crippen molar-refractivity contribution >= 4 is 5.91 Å². The minimum Gasteiger partial charge on any atom is -0.482 e. The topological polar surface area (TPSA) is 73.6 Å². The zero-order chi connectivity index (χ0) is 17.8. The van der Waals surface area contributed by atoms with Gasteiger partial charge in [-0.05, 0) is 18.6 Å². The Morgan fingerprint density at radius 2 is 2.16 bits per heavy atom. The van der Waals surface area contributed by atoms with E-state index < -0.39 is 29.1 Å². The summed E-state index contributed by atoms with van der Waals surface area (Å²) in [5.41, 5.74) is 0.0447. The Bertz CT molecular complexity index is 760. The maximum Gasteiger partial charge on any atom is 0.273 e. The maximum atomic E-state index is 13.5. The molecule has 0 bridgehead atoms. The van der Waals surface area contributed by atoms with E-state index in [1.54, 1.807) is 0 Å². The molecule has 1 fully saturated rings. The van der Waals surface area contributed by atoms with Crippen molar-refractivity contribution in [1.82, 2.24) is 10.5 Å². The van der Waals surface area contributed by atoms with Gasteiger partial charge in [0.15, 0.2) is 28.8 Å². The molecule has 1 aromatic heterocycles. The standard InChI is InChI=1S/C16H15F3N2O4/c17-11-1-2-13(15(19)14(11)18)24-8-10-5-12(21-25-10)16(22)20-6-9-3-4-23-7-9/h1-2,5,9H,3-4,6-8H2,(H,20,22). The number of ether oxygens (including phenoxy) is 2. The molecule has 6 nitrogen and oxygen atoms in total. The van der Waals surface area contributed by atoms with Gasteiger partial charge in [-0.1, -0.05) is 5.16 Å². The van der Waals surface area contributed by atoms with Gasteiger partial charge in [-0.15, -0.1) is 0 Å². The summed E-state index contributed by atoms with van der Waals surface area (Å²) in [6.45, 7) is 1.47. The third-order valence-corrected chi connectivity index (χ3v) is 3.74. The molecule has 0 radical (unpaired) electrons. The van der Waals surface area contributed by atoms with Crippen LogP contribution in [0.4, 0.5) is 13.2 Å². The summed E-state index contributed by atoms with van der Waals surface area (Å²) in [6, 6.07) is 3.04. The lowest BCUT2D eigenvalue weighted by Gasteiger charge is -2.07. The van der Waals surface area contributed by atoms with Crippen LogP contribution in [-0.4, -0.2) is 30.8 Å². The normalized spacial score (nSPS) is 16.8. The number of benzene rings is 1. The number of aromatic nitrogens is 1. The van der Waals surface area contributed by atoms with Crippen LogP contribution in [0.15, 0.2) is 22.7 Å². The second kappa shape index (κ2) is 7.56. The van der Waals surface area contributed by atoms with Crippen molar-refractivity contribution in [2.24, 2.45) is 5.92 Å². The number of rotatable bonds is 6. The summed E-state index contributed by atoms with van der Waals surface area (Å²) < 4.78 is 54.6. The van der Waals surface area contributed by atoms with Gasteiger partial charge in [0, 0.05) is 25.1 Å². The summed E-state index contributed by atoms with van der Waals surface area (Å²) >= 11 is 0. The third-order valence-electron chi connectivity index (χ3n) is 3.74. The molecule has 1 amide bonds. The van der Waals surface area contributed by atoms with Crippen LogP contribution in [0.5, 0.6) is 5.75 Å². The third kappa shape index (κ3) is 4.11. The number of nitrogens with zero attached hydrogens (tertiary/aromatic N) is 1. The number of carbonyl (C=O) groups is 1. The van der Waals surface area contributed by atoms with E-state index in [9.17, 15) is 18.0 Å². The molecule has 25 heavy (non-hydrogen) atoms. The van der Waals surface area contributed by atoms with Gasteiger partial charge in [0.1, 0.15) is 6.61 Å². The van der Waals surface area contributed by atoms with E-state index in [2.05, 4.69) is 10.5 Å². The number of halogens is 3. The number of carbonyl (C=O) groups excluding carboxylic acids is 1. The van der Waals surface area contributed by atoms with Crippen LogP contribution in [0.25, 0.3) is 0 Å². The molecular weight excluding hydrogens is 341 g/mol. The van der Waals surface area contributed by atoms with E-state index in [-0.39, 0.29) is 24.0 Å². The highest BCUT2D eigenvalue weighted by Crippen LogP contribution is 2.22. The van der Waals surface area contributed by atoms with Gasteiger partial charge in [-0.3, -0.25) is 4.79 Å². The van der Waals surface area contributed by atoms with Crippen molar-refractivity contribution in [3.8, 4) is 5.75 Å². The molecule has 3 rings (SSSR count). The van der Waals surface area contributed by atoms with E-state index in [1.807, 2.05) is 0 Å². The highest BCUT2D eigenvalue weighted by atomic mass is 19.2. The number of nitrogens with one attached hydrogen (secondary N) is 1. The fraction of sp³-hybridized carbons (Fsp3) is 0.375. The molecule has 1 saturated heterocycles. The smallest absolute Gasteiger partial charge is 0.273 e. The number of hydrogen-bond donors (Lipinski definition) is 1. The van der Waals surface area contributed by atoms with Crippen molar-refractivity contribution in [3.05, 3.63) is 47.1 Å². The highest BCUT2D eigenvalue weighted by Gasteiger charge is 2.19. The second-order valence-corrected chi connectivity index (χ2v) is 5.58. The SMILES string of the molecule is O=C(NCC1CCOC1)c1cc(COc2ccc(F)c(F)c2F)on1. The molecule has 2 heterocycles. The van der Waals surface area contributed by atoms with Gasteiger partial charge in [0.05, 0.1) is 6.61 Å². The molecule has 0 aliphatic carbocycles. The van der Waals surface area contributed by atoms with Crippen LogP contribution in [0.1, 0.15) is 22.7 Å². The minimum absolute atomic E-state index is 0.0447. The fourth-order valence-electron chi connectivity index (χ4n) is 2.33. The molecular formula is C16H15F3N2O4. The lowest BCUT2D eigenvalue weighted by molar-refractivity contribution is 0.0935. The van der Waals surface area contributed by atoms with E-state index in [4.69, 9.17) is 14.0 Å². The summed E-state index contributed by atoms with van der Waals surface area (Å²) in [5.74, 6) is -4.84. The molecule has 1 unspecified atom stereocenters. The molecule has 2 aromatic rings. The Labute approximate surface area is 140 Å². The van der Waals surface area contributed by atoms with Crippen molar-refractivity contribution in [2.75, 3.05) is 19.8 Å². The molecule has 0 spiro atoms. The molecule has 1 aromatic carbocycles. The Balaban J connectivity index is 1.54. The quantitative estimate of drug-likeness (QED) is 0.805. The van der Waals surface area contributed by atoms with Crippen LogP contribution in [0, 0.1) is 23.4 Å². The van der Waals surface area contributed by atoms with E-state index in [1.165, 1.54) is 6.07 Å². The maximum absolute atomic E-state index is 13.5. The first kappa shape index (κ1) is 17.3. The zero-order valence-electron chi connectivity index (χ0n) is 13.1. The van der Waals surface area contributed by atoms with Crippen LogP contribution in [-0.2, 0) is 11.3 Å². The van der Waals surface area contributed by atoms with Gasteiger partial charge in [0.25, 0.3) is 5.91 Å². The van der Waals surface area contributed by atoms with Crippen LogP contribution >= 0.6 is 0 Å². The highest BCUT2D eigenvalue weighted by molar-refractivity contribution is 5.92. The van der Waals surface area contributed by atoms with Crippen LogP contribution in [0.2, 0.25) is 0 Å². The minimum atomic E-state index is -1.62. The molecule has 1 aliphatic rings. The second-order valence-electron chi connectivity index (χ2n) is 5.58. The molecule has 1 aliphatic heterocycles. The van der Waals surface area contributed by atoms with Gasteiger partial charge in [0.2, 0.25) is 5.82 Å². The largest absolute Gasteiger partial charge is 0.482 e. The van der Waals surface area contributed by atoms with Gasteiger partial charge in [-0.2, -0.15) is 4.39 Å². The number of hydrogen-bond acceptors (Lipinski definition) is 5. The zero-order valence-corrected chi connectivity index (χ0v) is 13.1. The van der Waals surface area contributed by atoms with Gasteiger partial charge >= 0.3 is 0 Å². The van der Waals surface area contributed by atoms with E-state index in [0.29, 0.717) is 19.8 Å². The molecule has 1 N–H and O–H groups in total. The Kier molecular flexibility index (Phi) is 5.22. The van der Waals surface area contributed by atoms with Gasteiger partial charge in [-0.25, -0.2) is 8.78 Å². The first-order valence-corrected chi connectivity index (χ1v) is 7.62. The summed E-state index contributed by atoms with van der Waals surface area (Å²) in [6.07, 6.45) is 0.887. The molecule has 0 saturated carbocycles. The van der Waals surface area contributed by atoms with Crippen LogP contribution < -0.4 is 10.1 Å². The van der Waals surface area contributed by atoms with Crippen molar-refractivity contribution in [2.45, 2.75) is 13.0 Å². The molecule has 1 atom stereocenters. The summed E-state index contributed by atoms with van der Waals surface area (Å²) in [4.78, 5) is 12.0. The average molecular weight is 356 g/mol. The fourth-order valence-corrected chi connectivity index (χ4v) is 2.33. The first-order chi connectivity index (χ1) is 12.0. The van der Waals surface area contributed by atoms with Crippen LogP contribution in [0.3, 0.4) is 0 Å². The average Bonchev–Trinajstić information content (AvgIpc) is 3.28. The molecule has 9 heteroatoms. The summed E-state index contributed by atoms with van der Waals surface area (Å²) in [5, 5.41) is 6.32. The predicted molar refractivity (Wildman–Crippen MR) is 78.4 cm³/mol. The Hall–Kier alpha value is -2.55. The summed E-state index contributed by atoms with van der Waals surface area (Å²) in [7, 11) is 0. The lowest BCUT2D eigenvalue weighted by Crippen LogP contribution is -2.29. The Morgan fingerprint density at radius 3 is 2.92 bits per heavy atom. The number of amides is 1.